The Balaban J connectivity index is 1.81. The SMILES string of the molecule is CC1(C(=O)O)CCN(C(=O)CC(N)C2CC2)CC1. The van der Waals surface area contributed by atoms with Gasteiger partial charge in [-0.25, -0.2) is 0 Å². The lowest BCUT2D eigenvalue weighted by molar-refractivity contribution is -0.153. The lowest BCUT2D eigenvalue weighted by Gasteiger charge is -2.36. The number of aliphatic carboxylic acids is 1. The predicted octanol–water partition coefficient (Wildman–Crippen LogP) is 0.827. The number of nitrogens with zero attached hydrogens (tertiary/aromatic N) is 1. The van der Waals surface area contributed by atoms with Crippen LogP contribution in [0.5, 0.6) is 0 Å². The first kappa shape index (κ1) is 13.3. The van der Waals surface area contributed by atoms with E-state index in [1.807, 2.05) is 0 Å². The largest absolute Gasteiger partial charge is 0.481 e. The third kappa shape index (κ3) is 2.83. The summed E-state index contributed by atoms with van der Waals surface area (Å²) >= 11 is 0. The number of carbonyl (C=O) groups excluding carboxylic acids is 1. The Morgan fingerprint density at radius 2 is 1.94 bits per heavy atom. The van der Waals surface area contributed by atoms with Crippen LogP contribution in [0.15, 0.2) is 0 Å². The van der Waals surface area contributed by atoms with Crippen LogP contribution >= 0.6 is 0 Å². The third-order valence-electron chi connectivity index (χ3n) is 4.37. The van der Waals surface area contributed by atoms with Gasteiger partial charge in [-0.05, 0) is 38.5 Å². The molecule has 5 heteroatoms. The van der Waals surface area contributed by atoms with E-state index in [2.05, 4.69) is 0 Å². The Labute approximate surface area is 107 Å². The minimum Gasteiger partial charge on any atom is -0.481 e. The molecule has 2 rings (SSSR count). The van der Waals surface area contributed by atoms with Gasteiger partial charge in [-0.1, -0.05) is 0 Å². The Hall–Kier alpha value is -1.10. The van der Waals surface area contributed by atoms with Gasteiger partial charge < -0.3 is 15.7 Å². The van der Waals surface area contributed by atoms with Crippen molar-refractivity contribution >= 4 is 11.9 Å². The van der Waals surface area contributed by atoms with Crippen molar-refractivity contribution in [3.63, 3.8) is 0 Å². The maximum absolute atomic E-state index is 12.0. The smallest absolute Gasteiger partial charge is 0.309 e. The number of hydrogen-bond acceptors (Lipinski definition) is 3. The molecular weight excluding hydrogens is 232 g/mol. The third-order valence-corrected chi connectivity index (χ3v) is 4.37. The highest BCUT2D eigenvalue weighted by Crippen LogP contribution is 2.34. The monoisotopic (exact) mass is 254 g/mol. The highest BCUT2D eigenvalue weighted by Gasteiger charge is 2.38. The molecule has 5 nitrogen and oxygen atoms in total. The molecule has 1 aliphatic heterocycles. The molecule has 0 radical (unpaired) electrons. The molecule has 1 unspecified atom stereocenters. The van der Waals surface area contributed by atoms with Crippen LogP contribution in [-0.2, 0) is 9.59 Å². The summed E-state index contributed by atoms with van der Waals surface area (Å²) in [5, 5.41) is 9.13. The first-order valence-corrected chi connectivity index (χ1v) is 6.69. The van der Waals surface area contributed by atoms with Crippen molar-refractivity contribution in [2.45, 2.75) is 45.1 Å². The lowest BCUT2D eigenvalue weighted by Crippen LogP contribution is -2.46. The van der Waals surface area contributed by atoms with E-state index in [1.54, 1.807) is 11.8 Å². The van der Waals surface area contributed by atoms with E-state index >= 15 is 0 Å². The molecule has 18 heavy (non-hydrogen) atoms. The molecule has 2 aliphatic rings. The zero-order chi connectivity index (χ0) is 13.3. The number of rotatable bonds is 4. The molecule has 0 aromatic heterocycles. The minimum absolute atomic E-state index is 0.00900. The fourth-order valence-electron chi connectivity index (χ4n) is 2.49. The number of hydrogen-bond donors (Lipinski definition) is 2. The van der Waals surface area contributed by atoms with Gasteiger partial charge in [0.1, 0.15) is 0 Å². The van der Waals surface area contributed by atoms with E-state index in [0.717, 1.165) is 12.8 Å². The molecule has 0 aromatic rings. The van der Waals surface area contributed by atoms with Crippen molar-refractivity contribution in [1.29, 1.82) is 0 Å². The molecule has 1 atom stereocenters. The lowest BCUT2D eigenvalue weighted by atomic mass is 9.80. The molecule has 1 aliphatic carbocycles. The van der Waals surface area contributed by atoms with Crippen molar-refractivity contribution in [3.05, 3.63) is 0 Å². The van der Waals surface area contributed by atoms with E-state index in [4.69, 9.17) is 10.8 Å². The van der Waals surface area contributed by atoms with E-state index < -0.39 is 11.4 Å². The molecule has 1 heterocycles. The summed E-state index contributed by atoms with van der Waals surface area (Å²) in [6, 6.07) is -0.00900. The summed E-state index contributed by atoms with van der Waals surface area (Å²) in [6.45, 7) is 2.84. The summed E-state index contributed by atoms with van der Waals surface area (Å²) in [4.78, 5) is 24.9. The molecule has 1 saturated heterocycles. The molecule has 0 aromatic carbocycles. The van der Waals surface area contributed by atoms with Gasteiger partial charge in [0.15, 0.2) is 0 Å². The molecule has 2 fully saturated rings. The average molecular weight is 254 g/mol. The molecule has 0 spiro atoms. The first-order valence-electron chi connectivity index (χ1n) is 6.69. The Morgan fingerprint density at radius 3 is 2.39 bits per heavy atom. The van der Waals surface area contributed by atoms with Crippen LogP contribution < -0.4 is 5.73 Å². The maximum atomic E-state index is 12.0. The van der Waals surface area contributed by atoms with Crippen LogP contribution in [0.2, 0.25) is 0 Å². The fraction of sp³-hybridized carbons (Fsp3) is 0.846. The van der Waals surface area contributed by atoms with Gasteiger partial charge in [-0.15, -0.1) is 0 Å². The zero-order valence-electron chi connectivity index (χ0n) is 10.9. The number of carboxylic acid groups (broad SMARTS) is 1. The van der Waals surface area contributed by atoms with Gasteiger partial charge >= 0.3 is 5.97 Å². The summed E-state index contributed by atoms with van der Waals surface area (Å²) in [5.74, 6) is -0.144. The van der Waals surface area contributed by atoms with Crippen LogP contribution in [0, 0.1) is 11.3 Å². The number of carboxylic acids is 1. The minimum atomic E-state index is -0.760. The van der Waals surface area contributed by atoms with Gasteiger partial charge in [0, 0.05) is 25.6 Å². The summed E-state index contributed by atoms with van der Waals surface area (Å²) in [7, 11) is 0. The Kier molecular flexibility index (Phi) is 3.61. The van der Waals surface area contributed by atoms with E-state index in [9.17, 15) is 9.59 Å². The van der Waals surface area contributed by atoms with E-state index in [-0.39, 0.29) is 11.9 Å². The zero-order valence-corrected chi connectivity index (χ0v) is 10.9. The highest BCUT2D eigenvalue weighted by molar-refractivity contribution is 5.78. The number of carbonyl (C=O) groups is 2. The molecular formula is C13H22N2O3. The van der Waals surface area contributed by atoms with Crippen LogP contribution in [-0.4, -0.2) is 41.0 Å². The second-order valence-electron chi connectivity index (χ2n) is 5.95. The topological polar surface area (TPSA) is 83.6 Å². The van der Waals surface area contributed by atoms with E-state index in [1.165, 1.54) is 0 Å². The predicted molar refractivity (Wildman–Crippen MR) is 66.9 cm³/mol. The van der Waals surface area contributed by atoms with Crippen LogP contribution in [0.3, 0.4) is 0 Å². The Bertz CT molecular complexity index is 344. The van der Waals surface area contributed by atoms with Crippen molar-refractivity contribution in [1.82, 2.24) is 4.90 Å². The van der Waals surface area contributed by atoms with Crippen molar-refractivity contribution in [2.24, 2.45) is 17.1 Å². The van der Waals surface area contributed by atoms with Crippen LogP contribution in [0.25, 0.3) is 0 Å². The highest BCUT2D eigenvalue weighted by atomic mass is 16.4. The molecule has 3 N–H and O–H groups in total. The first-order chi connectivity index (χ1) is 8.42. The van der Waals surface area contributed by atoms with Gasteiger partial charge in [-0.2, -0.15) is 0 Å². The number of amides is 1. The summed E-state index contributed by atoms with van der Waals surface area (Å²) in [6.07, 6.45) is 3.77. The molecule has 0 bridgehead atoms. The second-order valence-corrected chi connectivity index (χ2v) is 5.95. The summed E-state index contributed by atoms with van der Waals surface area (Å²) in [5.41, 5.74) is 5.28. The number of nitrogens with two attached hydrogens (primary N) is 1. The number of piperidine rings is 1. The maximum Gasteiger partial charge on any atom is 0.309 e. The van der Waals surface area contributed by atoms with Gasteiger partial charge in [0.2, 0.25) is 5.91 Å². The van der Waals surface area contributed by atoms with Gasteiger partial charge in [-0.3, -0.25) is 9.59 Å². The van der Waals surface area contributed by atoms with Crippen molar-refractivity contribution in [3.8, 4) is 0 Å². The van der Waals surface area contributed by atoms with E-state index in [0.29, 0.717) is 38.3 Å². The second kappa shape index (κ2) is 4.88. The summed E-state index contributed by atoms with van der Waals surface area (Å²) < 4.78 is 0. The molecule has 102 valence electrons. The quantitative estimate of drug-likeness (QED) is 0.778. The van der Waals surface area contributed by atoms with Crippen molar-refractivity contribution in [2.75, 3.05) is 13.1 Å². The van der Waals surface area contributed by atoms with Crippen LogP contribution in [0.1, 0.15) is 39.0 Å². The van der Waals surface area contributed by atoms with Crippen LogP contribution in [0.4, 0.5) is 0 Å². The van der Waals surface area contributed by atoms with Crippen molar-refractivity contribution < 1.29 is 14.7 Å². The van der Waals surface area contributed by atoms with Gasteiger partial charge in [0.05, 0.1) is 5.41 Å². The Morgan fingerprint density at radius 1 is 1.39 bits per heavy atom. The molecule has 1 amide bonds. The molecule has 1 saturated carbocycles. The average Bonchev–Trinajstić information content (AvgIpc) is 3.13. The fourth-order valence-corrected chi connectivity index (χ4v) is 2.49. The normalized spacial score (nSPS) is 24.7. The number of likely N-dealkylation sites (tertiary alicyclic amines) is 1. The van der Waals surface area contributed by atoms with Gasteiger partial charge in [0.25, 0.3) is 0 Å². The standard InChI is InChI=1S/C13H22N2O3/c1-13(12(17)18)4-6-15(7-5-13)11(16)8-10(14)9-2-3-9/h9-10H,2-8,14H2,1H3,(H,17,18).